The van der Waals surface area contributed by atoms with Gasteiger partial charge in [0.1, 0.15) is 21.4 Å². The predicted molar refractivity (Wildman–Crippen MR) is 98.7 cm³/mol. The second-order valence-corrected chi connectivity index (χ2v) is 7.14. The monoisotopic (exact) mass is 359 g/mol. The number of nitrogens with zero attached hydrogens (tertiary/aromatic N) is 2. The quantitative estimate of drug-likeness (QED) is 0.537. The number of nitrogens with two attached hydrogens (primary N) is 1. The van der Waals surface area contributed by atoms with Gasteiger partial charge in [-0.05, 0) is 24.6 Å². The molecule has 3 aromatic rings. The van der Waals surface area contributed by atoms with E-state index in [9.17, 15) is 4.79 Å². The maximum Gasteiger partial charge on any atom is 0.218 e. The van der Waals surface area contributed by atoms with Crippen molar-refractivity contribution < 1.29 is 9.53 Å². The summed E-state index contributed by atoms with van der Waals surface area (Å²) in [6.45, 7) is 1.88. The molecule has 0 radical (unpaired) electrons. The van der Waals surface area contributed by atoms with Crippen LogP contribution in [0, 0.1) is 6.92 Å². The fourth-order valence-corrected chi connectivity index (χ4v) is 4.45. The number of fused-ring (bicyclic) bond motifs is 1. The molecule has 0 saturated heterocycles. The third-order valence-electron chi connectivity index (χ3n) is 3.50. The van der Waals surface area contributed by atoms with E-state index in [1.54, 1.807) is 30.2 Å². The number of hydrogen-bond donors (Lipinski definition) is 1. The second-order valence-electron chi connectivity index (χ2n) is 5.20. The van der Waals surface area contributed by atoms with E-state index in [1.165, 1.54) is 0 Å². The Labute approximate surface area is 148 Å². The Morgan fingerprint density at radius 1 is 1.29 bits per heavy atom. The molecular formula is C17H17N3O2S2. The van der Waals surface area contributed by atoms with Crippen LogP contribution in [0.4, 0.5) is 0 Å². The molecule has 1 aromatic carbocycles. The molecule has 0 spiro atoms. The fraction of sp³-hybridized carbons (Fsp3) is 0.235. The minimum atomic E-state index is -0.301. The molecule has 0 aliphatic rings. The molecule has 0 atom stereocenters. The van der Waals surface area contributed by atoms with Gasteiger partial charge in [0.25, 0.3) is 0 Å². The summed E-state index contributed by atoms with van der Waals surface area (Å²) in [4.78, 5) is 21.0. The average Bonchev–Trinajstić information content (AvgIpc) is 2.98. The number of amides is 1. The van der Waals surface area contributed by atoms with Gasteiger partial charge in [0.2, 0.25) is 5.91 Å². The normalized spacial score (nSPS) is 10.9. The van der Waals surface area contributed by atoms with Gasteiger partial charge in [0.15, 0.2) is 0 Å². The van der Waals surface area contributed by atoms with E-state index in [-0.39, 0.29) is 5.91 Å². The van der Waals surface area contributed by atoms with Gasteiger partial charge in [-0.15, -0.1) is 23.1 Å². The molecule has 0 bridgehead atoms. The van der Waals surface area contributed by atoms with E-state index >= 15 is 0 Å². The Morgan fingerprint density at radius 2 is 2.04 bits per heavy atom. The zero-order valence-corrected chi connectivity index (χ0v) is 15.0. The number of carbonyl (C=O) groups is 1. The summed E-state index contributed by atoms with van der Waals surface area (Å²) in [5.41, 5.74) is 7.42. The molecule has 7 heteroatoms. The van der Waals surface area contributed by atoms with Gasteiger partial charge in [-0.25, -0.2) is 9.97 Å². The Bertz CT molecular complexity index is 875. The van der Waals surface area contributed by atoms with Crippen molar-refractivity contribution in [3.8, 4) is 16.9 Å². The van der Waals surface area contributed by atoms with Crippen LogP contribution in [0.1, 0.15) is 12.2 Å². The number of aryl methyl sites for hydroxylation is 1. The number of aromatic nitrogens is 2. The van der Waals surface area contributed by atoms with Crippen molar-refractivity contribution in [3.05, 3.63) is 35.5 Å². The minimum Gasteiger partial charge on any atom is -0.497 e. The summed E-state index contributed by atoms with van der Waals surface area (Å²) in [5, 5.41) is 4.02. The van der Waals surface area contributed by atoms with Crippen LogP contribution in [-0.2, 0) is 4.79 Å². The third-order valence-corrected chi connectivity index (χ3v) is 5.35. The highest BCUT2D eigenvalue weighted by Crippen LogP contribution is 2.38. The first-order valence-electron chi connectivity index (χ1n) is 7.40. The summed E-state index contributed by atoms with van der Waals surface area (Å²) < 4.78 is 5.22. The Morgan fingerprint density at radius 3 is 2.71 bits per heavy atom. The standard InChI is InChI=1S/C17H17N3O2S2/c1-10-19-16(23-8-7-14(18)21)15-13(9-24-17(15)20-10)11-3-5-12(22-2)6-4-11/h3-6,9H,7-8H2,1-2H3,(H2,18,21). The topological polar surface area (TPSA) is 78.1 Å². The average molecular weight is 359 g/mol. The number of methoxy groups -OCH3 is 1. The van der Waals surface area contributed by atoms with Gasteiger partial charge in [0, 0.05) is 23.1 Å². The van der Waals surface area contributed by atoms with E-state index < -0.39 is 0 Å². The number of thioether (sulfide) groups is 1. The molecule has 24 heavy (non-hydrogen) atoms. The van der Waals surface area contributed by atoms with Crippen LogP contribution in [0.5, 0.6) is 5.75 Å². The van der Waals surface area contributed by atoms with Crippen LogP contribution >= 0.6 is 23.1 Å². The SMILES string of the molecule is COc1ccc(-c2csc3nc(C)nc(SCCC(N)=O)c23)cc1. The largest absolute Gasteiger partial charge is 0.497 e. The van der Waals surface area contributed by atoms with E-state index in [0.29, 0.717) is 12.2 Å². The van der Waals surface area contributed by atoms with Gasteiger partial charge in [-0.1, -0.05) is 12.1 Å². The van der Waals surface area contributed by atoms with Crippen LogP contribution in [0.3, 0.4) is 0 Å². The lowest BCUT2D eigenvalue weighted by Crippen LogP contribution is -2.11. The molecule has 2 N–H and O–H groups in total. The molecule has 0 aliphatic heterocycles. The molecule has 5 nitrogen and oxygen atoms in total. The molecule has 0 aliphatic carbocycles. The Kier molecular flexibility index (Phi) is 5.01. The summed E-state index contributed by atoms with van der Waals surface area (Å²) in [6.07, 6.45) is 0.331. The Hall–Kier alpha value is -2.12. The zero-order chi connectivity index (χ0) is 17.1. The maximum atomic E-state index is 11.0. The van der Waals surface area contributed by atoms with Crippen molar-refractivity contribution in [1.82, 2.24) is 9.97 Å². The summed E-state index contributed by atoms with van der Waals surface area (Å²) in [7, 11) is 1.65. The van der Waals surface area contributed by atoms with Gasteiger partial charge in [-0.3, -0.25) is 4.79 Å². The number of carbonyl (C=O) groups excluding carboxylic acids is 1. The number of hydrogen-bond acceptors (Lipinski definition) is 6. The first-order valence-corrected chi connectivity index (χ1v) is 9.26. The number of benzene rings is 1. The lowest BCUT2D eigenvalue weighted by atomic mass is 10.1. The van der Waals surface area contributed by atoms with Crippen LogP contribution in [-0.4, -0.2) is 28.7 Å². The van der Waals surface area contributed by atoms with E-state index in [0.717, 1.165) is 37.9 Å². The number of primary amides is 1. The van der Waals surface area contributed by atoms with Crippen molar-refractivity contribution in [2.75, 3.05) is 12.9 Å². The van der Waals surface area contributed by atoms with E-state index in [4.69, 9.17) is 10.5 Å². The smallest absolute Gasteiger partial charge is 0.218 e. The number of rotatable bonds is 6. The van der Waals surface area contributed by atoms with Gasteiger partial charge < -0.3 is 10.5 Å². The molecule has 0 fully saturated rings. The van der Waals surface area contributed by atoms with Crippen molar-refractivity contribution >= 4 is 39.2 Å². The minimum absolute atomic E-state index is 0.301. The molecule has 0 saturated carbocycles. The number of ether oxygens (including phenoxy) is 1. The van der Waals surface area contributed by atoms with Crippen LogP contribution in [0.25, 0.3) is 21.3 Å². The van der Waals surface area contributed by atoms with E-state index in [2.05, 4.69) is 15.3 Å². The summed E-state index contributed by atoms with van der Waals surface area (Å²) in [5.74, 6) is 1.86. The van der Waals surface area contributed by atoms with Crippen molar-refractivity contribution in [2.24, 2.45) is 5.73 Å². The lowest BCUT2D eigenvalue weighted by Gasteiger charge is -2.07. The molecular weight excluding hydrogens is 342 g/mol. The van der Waals surface area contributed by atoms with Crippen LogP contribution < -0.4 is 10.5 Å². The second kappa shape index (κ2) is 7.19. The third kappa shape index (κ3) is 3.52. The maximum absolute atomic E-state index is 11.0. The highest BCUT2D eigenvalue weighted by atomic mass is 32.2. The highest BCUT2D eigenvalue weighted by molar-refractivity contribution is 7.99. The van der Waals surface area contributed by atoms with Crippen LogP contribution in [0.2, 0.25) is 0 Å². The lowest BCUT2D eigenvalue weighted by molar-refractivity contribution is -0.117. The number of thiophene rings is 1. The molecule has 2 aromatic heterocycles. The Balaban J connectivity index is 2.03. The first kappa shape index (κ1) is 16.7. The van der Waals surface area contributed by atoms with Crippen molar-refractivity contribution in [3.63, 3.8) is 0 Å². The van der Waals surface area contributed by atoms with Gasteiger partial charge in [0.05, 0.1) is 12.5 Å². The molecule has 124 valence electrons. The van der Waals surface area contributed by atoms with Gasteiger partial charge in [-0.2, -0.15) is 0 Å². The molecule has 3 rings (SSSR count). The highest BCUT2D eigenvalue weighted by Gasteiger charge is 2.15. The van der Waals surface area contributed by atoms with Crippen LogP contribution in [0.15, 0.2) is 34.7 Å². The molecule has 2 heterocycles. The van der Waals surface area contributed by atoms with Crippen molar-refractivity contribution in [2.45, 2.75) is 18.4 Å². The zero-order valence-electron chi connectivity index (χ0n) is 13.4. The predicted octanol–water partition coefficient (Wildman–Crippen LogP) is 3.64. The molecule has 1 amide bonds. The summed E-state index contributed by atoms with van der Waals surface area (Å²) >= 11 is 3.14. The van der Waals surface area contributed by atoms with Crippen molar-refractivity contribution in [1.29, 1.82) is 0 Å². The molecule has 0 unspecified atom stereocenters. The summed E-state index contributed by atoms with van der Waals surface area (Å²) in [6, 6.07) is 7.93. The fourth-order valence-electron chi connectivity index (χ4n) is 2.35. The van der Waals surface area contributed by atoms with Gasteiger partial charge >= 0.3 is 0 Å². The first-order chi connectivity index (χ1) is 11.6. The van der Waals surface area contributed by atoms with E-state index in [1.807, 2.05) is 31.2 Å².